The molecule has 0 heterocycles. The van der Waals surface area contributed by atoms with Crippen LogP contribution in [-0.4, -0.2) is 0 Å². The molecular formula is C9H10ClN. The lowest BCUT2D eigenvalue weighted by molar-refractivity contribution is 1.51. The number of hydrogen-bond acceptors (Lipinski definition) is 1. The van der Waals surface area contributed by atoms with Gasteiger partial charge in [0.25, 0.3) is 0 Å². The smallest absolute Gasteiger partial charge is 0.0481 e. The maximum Gasteiger partial charge on any atom is 0.0481 e. The van der Waals surface area contributed by atoms with Crippen LogP contribution in [0.15, 0.2) is 30.5 Å². The third-order valence-electron chi connectivity index (χ3n) is 1.55. The SMILES string of the molecule is CC(=CN)c1ccccc1Cl. The topological polar surface area (TPSA) is 26.0 Å². The maximum atomic E-state index is 5.90. The van der Waals surface area contributed by atoms with Gasteiger partial charge in [0.15, 0.2) is 0 Å². The number of hydrogen-bond donors (Lipinski definition) is 1. The zero-order valence-corrected chi connectivity index (χ0v) is 7.10. The van der Waals surface area contributed by atoms with Crippen molar-refractivity contribution in [1.29, 1.82) is 0 Å². The lowest BCUT2D eigenvalue weighted by Gasteiger charge is -2.01. The molecular weight excluding hydrogens is 158 g/mol. The van der Waals surface area contributed by atoms with E-state index >= 15 is 0 Å². The van der Waals surface area contributed by atoms with Crippen LogP contribution in [0.3, 0.4) is 0 Å². The van der Waals surface area contributed by atoms with Crippen LogP contribution in [-0.2, 0) is 0 Å². The normalized spacial score (nSPS) is 11.6. The summed E-state index contributed by atoms with van der Waals surface area (Å²) >= 11 is 5.90. The fraction of sp³-hybridized carbons (Fsp3) is 0.111. The molecule has 1 aromatic carbocycles. The van der Waals surface area contributed by atoms with Gasteiger partial charge in [0.1, 0.15) is 0 Å². The molecule has 11 heavy (non-hydrogen) atoms. The van der Waals surface area contributed by atoms with Crippen molar-refractivity contribution in [1.82, 2.24) is 0 Å². The summed E-state index contributed by atoms with van der Waals surface area (Å²) in [5, 5.41) is 0.742. The van der Waals surface area contributed by atoms with Gasteiger partial charge in [-0.1, -0.05) is 29.8 Å². The van der Waals surface area contributed by atoms with Gasteiger partial charge in [-0.15, -0.1) is 0 Å². The molecule has 1 rings (SSSR count). The minimum absolute atomic E-state index is 0.742. The lowest BCUT2D eigenvalue weighted by atomic mass is 10.1. The average Bonchev–Trinajstić information content (AvgIpc) is 2.04. The monoisotopic (exact) mass is 167 g/mol. The third-order valence-corrected chi connectivity index (χ3v) is 1.88. The van der Waals surface area contributed by atoms with Crippen molar-refractivity contribution in [3.8, 4) is 0 Å². The Balaban J connectivity index is 3.14. The van der Waals surface area contributed by atoms with Gasteiger partial charge in [-0.3, -0.25) is 0 Å². The highest BCUT2D eigenvalue weighted by molar-refractivity contribution is 6.32. The number of nitrogens with two attached hydrogens (primary N) is 1. The van der Waals surface area contributed by atoms with Crippen molar-refractivity contribution in [3.05, 3.63) is 41.1 Å². The molecule has 2 heteroatoms. The summed E-state index contributed by atoms with van der Waals surface area (Å²) in [6.07, 6.45) is 1.56. The first-order chi connectivity index (χ1) is 5.25. The highest BCUT2D eigenvalue weighted by Crippen LogP contribution is 2.21. The standard InChI is InChI=1S/C9H10ClN/c1-7(6-11)8-4-2-3-5-9(8)10/h2-6H,11H2,1H3. The molecule has 0 radical (unpaired) electrons. The number of rotatable bonds is 1. The van der Waals surface area contributed by atoms with E-state index in [1.165, 1.54) is 0 Å². The second-order valence-electron chi connectivity index (χ2n) is 2.33. The molecule has 0 unspecified atom stereocenters. The Kier molecular flexibility index (Phi) is 2.55. The molecule has 0 fully saturated rings. The van der Waals surface area contributed by atoms with Crippen LogP contribution < -0.4 is 5.73 Å². The van der Waals surface area contributed by atoms with Crippen molar-refractivity contribution >= 4 is 17.2 Å². The van der Waals surface area contributed by atoms with Gasteiger partial charge in [-0.25, -0.2) is 0 Å². The van der Waals surface area contributed by atoms with E-state index in [0.717, 1.165) is 16.2 Å². The molecule has 0 aromatic heterocycles. The van der Waals surface area contributed by atoms with Gasteiger partial charge in [0, 0.05) is 5.02 Å². The molecule has 0 saturated carbocycles. The highest BCUT2D eigenvalue weighted by Gasteiger charge is 1.98. The summed E-state index contributed by atoms with van der Waals surface area (Å²) in [7, 11) is 0. The van der Waals surface area contributed by atoms with Crippen LogP contribution >= 0.6 is 11.6 Å². The van der Waals surface area contributed by atoms with Crippen LogP contribution in [0.5, 0.6) is 0 Å². The van der Waals surface area contributed by atoms with Gasteiger partial charge in [0.2, 0.25) is 0 Å². The average molecular weight is 168 g/mol. The third kappa shape index (κ3) is 1.75. The van der Waals surface area contributed by atoms with Gasteiger partial charge in [-0.2, -0.15) is 0 Å². The van der Waals surface area contributed by atoms with Crippen molar-refractivity contribution in [2.24, 2.45) is 5.73 Å². The van der Waals surface area contributed by atoms with E-state index in [1.807, 2.05) is 31.2 Å². The number of halogens is 1. The molecule has 1 aromatic rings. The van der Waals surface area contributed by atoms with Crippen molar-refractivity contribution in [2.45, 2.75) is 6.92 Å². The predicted molar refractivity (Wildman–Crippen MR) is 49.3 cm³/mol. The summed E-state index contributed by atoms with van der Waals surface area (Å²) in [6.45, 7) is 1.93. The maximum absolute atomic E-state index is 5.90. The van der Waals surface area contributed by atoms with Gasteiger partial charge < -0.3 is 5.73 Å². The minimum Gasteiger partial charge on any atom is -0.404 e. The van der Waals surface area contributed by atoms with Gasteiger partial charge in [-0.05, 0) is 30.3 Å². The van der Waals surface area contributed by atoms with Crippen molar-refractivity contribution in [2.75, 3.05) is 0 Å². The molecule has 58 valence electrons. The van der Waals surface area contributed by atoms with Gasteiger partial charge in [0.05, 0.1) is 0 Å². The molecule has 0 spiro atoms. The zero-order valence-electron chi connectivity index (χ0n) is 6.34. The molecule has 0 atom stereocenters. The molecule has 0 aliphatic rings. The fourth-order valence-electron chi connectivity index (χ4n) is 0.871. The fourth-order valence-corrected chi connectivity index (χ4v) is 1.16. The second kappa shape index (κ2) is 3.44. The highest BCUT2D eigenvalue weighted by atomic mass is 35.5. The van der Waals surface area contributed by atoms with E-state index in [0.29, 0.717) is 0 Å². The molecule has 0 aliphatic heterocycles. The summed E-state index contributed by atoms with van der Waals surface area (Å²) in [6, 6.07) is 7.63. The van der Waals surface area contributed by atoms with Crippen LogP contribution in [0.2, 0.25) is 5.02 Å². The first-order valence-electron chi connectivity index (χ1n) is 3.39. The molecule has 0 amide bonds. The number of allylic oxidation sites excluding steroid dienone is 1. The Morgan fingerprint density at radius 3 is 2.64 bits per heavy atom. The Hall–Kier alpha value is -0.950. The van der Waals surface area contributed by atoms with Crippen LogP contribution in [0.1, 0.15) is 12.5 Å². The lowest BCUT2D eigenvalue weighted by Crippen LogP contribution is -1.85. The Morgan fingerprint density at radius 1 is 1.45 bits per heavy atom. The molecule has 0 aliphatic carbocycles. The zero-order chi connectivity index (χ0) is 8.27. The van der Waals surface area contributed by atoms with Gasteiger partial charge >= 0.3 is 0 Å². The number of benzene rings is 1. The Labute approximate surface area is 71.5 Å². The largest absolute Gasteiger partial charge is 0.404 e. The van der Waals surface area contributed by atoms with E-state index in [-0.39, 0.29) is 0 Å². The summed E-state index contributed by atoms with van der Waals surface area (Å²) in [5.74, 6) is 0. The van der Waals surface area contributed by atoms with E-state index in [9.17, 15) is 0 Å². The van der Waals surface area contributed by atoms with E-state index in [2.05, 4.69) is 0 Å². The summed E-state index contributed by atoms with van der Waals surface area (Å²) < 4.78 is 0. The second-order valence-corrected chi connectivity index (χ2v) is 2.74. The molecule has 0 saturated heterocycles. The Morgan fingerprint density at radius 2 is 2.09 bits per heavy atom. The molecule has 2 N–H and O–H groups in total. The molecule has 0 bridgehead atoms. The van der Waals surface area contributed by atoms with Crippen LogP contribution in [0, 0.1) is 0 Å². The van der Waals surface area contributed by atoms with Crippen molar-refractivity contribution < 1.29 is 0 Å². The minimum atomic E-state index is 0.742. The summed E-state index contributed by atoms with van der Waals surface area (Å²) in [5.41, 5.74) is 7.35. The van der Waals surface area contributed by atoms with Crippen LogP contribution in [0.4, 0.5) is 0 Å². The van der Waals surface area contributed by atoms with E-state index < -0.39 is 0 Å². The Bertz CT molecular complexity index is 279. The first kappa shape index (κ1) is 8.15. The van der Waals surface area contributed by atoms with E-state index in [1.54, 1.807) is 6.20 Å². The van der Waals surface area contributed by atoms with Crippen LogP contribution in [0.25, 0.3) is 5.57 Å². The quantitative estimate of drug-likeness (QED) is 0.684. The first-order valence-corrected chi connectivity index (χ1v) is 3.77. The van der Waals surface area contributed by atoms with E-state index in [4.69, 9.17) is 17.3 Å². The summed E-state index contributed by atoms with van der Waals surface area (Å²) in [4.78, 5) is 0. The van der Waals surface area contributed by atoms with Crippen molar-refractivity contribution in [3.63, 3.8) is 0 Å². The molecule has 1 nitrogen and oxygen atoms in total. The predicted octanol–water partition coefficient (Wildman–Crippen LogP) is 2.66.